The van der Waals surface area contributed by atoms with Gasteiger partial charge in [0, 0.05) is 16.5 Å². The molecule has 118 valence electrons. The number of hydrogen-bond donors (Lipinski definition) is 1. The highest BCUT2D eigenvalue weighted by Gasteiger charge is 2.17. The molecule has 1 atom stereocenters. The Morgan fingerprint density at radius 2 is 2.05 bits per heavy atom. The van der Waals surface area contributed by atoms with Crippen LogP contribution in [0.5, 0.6) is 0 Å². The standard InChI is InChI=1S/C16H19ClN2O2S/c1-19(2)14(15-4-3-9-21-15)10-18-16(20)11-22-13-7-5-12(17)6-8-13/h3-9,14H,10-11H2,1-2H3,(H,18,20). The summed E-state index contributed by atoms with van der Waals surface area (Å²) in [5.74, 6) is 1.22. The van der Waals surface area contributed by atoms with Crippen LogP contribution in [0.1, 0.15) is 11.8 Å². The highest BCUT2D eigenvalue weighted by Crippen LogP contribution is 2.20. The number of likely N-dealkylation sites (N-methyl/N-ethyl adjacent to an activating group) is 1. The van der Waals surface area contributed by atoms with Crippen LogP contribution in [0.2, 0.25) is 5.02 Å². The molecule has 0 radical (unpaired) electrons. The van der Waals surface area contributed by atoms with Gasteiger partial charge in [-0.2, -0.15) is 0 Å². The van der Waals surface area contributed by atoms with Crippen molar-refractivity contribution in [2.75, 3.05) is 26.4 Å². The molecular weight excluding hydrogens is 320 g/mol. The Labute approximate surface area is 139 Å². The molecule has 0 saturated carbocycles. The molecule has 1 N–H and O–H groups in total. The Bertz CT molecular complexity index is 585. The van der Waals surface area contributed by atoms with Crippen LogP contribution in [-0.2, 0) is 4.79 Å². The first-order chi connectivity index (χ1) is 10.6. The summed E-state index contributed by atoms with van der Waals surface area (Å²) in [5.41, 5.74) is 0. The third-order valence-electron chi connectivity index (χ3n) is 3.17. The molecule has 0 saturated heterocycles. The number of furan rings is 1. The number of hydrogen-bond acceptors (Lipinski definition) is 4. The van der Waals surface area contributed by atoms with Gasteiger partial charge in [0.25, 0.3) is 0 Å². The summed E-state index contributed by atoms with van der Waals surface area (Å²) in [7, 11) is 3.92. The molecule has 0 aliphatic carbocycles. The number of thioether (sulfide) groups is 1. The first kappa shape index (κ1) is 16.9. The van der Waals surface area contributed by atoms with Crippen LogP contribution in [0.15, 0.2) is 52.0 Å². The number of nitrogens with one attached hydrogen (secondary N) is 1. The monoisotopic (exact) mass is 338 g/mol. The van der Waals surface area contributed by atoms with E-state index in [2.05, 4.69) is 5.32 Å². The highest BCUT2D eigenvalue weighted by atomic mass is 35.5. The first-order valence-corrected chi connectivity index (χ1v) is 8.27. The second-order valence-electron chi connectivity index (χ2n) is 5.04. The van der Waals surface area contributed by atoms with Gasteiger partial charge in [0.1, 0.15) is 5.76 Å². The molecule has 0 spiro atoms. The van der Waals surface area contributed by atoms with Gasteiger partial charge < -0.3 is 9.73 Å². The van der Waals surface area contributed by atoms with Crippen LogP contribution in [0.4, 0.5) is 0 Å². The van der Waals surface area contributed by atoms with Crippen molar-refractivity contribution in [1.29, 1.82) is 0 Å². The molecule has 1 aromatic carbocycles. The van der Waals surface area contributed by atoms with Crippen LogP contribution >= 0.6 is 23.4 Å². The summed E-state index contributed by atoms with van der Waals surface area (Å²) in [6, 6.07) is 11.3. The Morgan fingerprint density at radius 1 is 1.32 bits per heavy atom. The number of amides is 1. The second kappa shape index (κ2) is 8.27. The van der Waals surface area contributed by atoms with Gasteiger partial charge in [0.2, 0.25) is 5.91 Å². The summed E-state index contributed by atoms with van der Waals surface area (Å²) in [6.07, 6.45) is 1.64. The molecule has 1 amide bonds. The third-order valence-corrected chi connectivity index (χ3v) is 4.44. The van der Waals surface area contributed by atoms with E-state index in [9.17, 15) is 4.79 Å². The van der Waals surface area contributed by atoms with Crippen LogP contribution in [-0.4, -0.2) is 37.2 Å². The SMILES string of the molecule is CN(C)C(CNC(=O)CSc1ccc(Cl)cc1)c1ccco1. The Kier molecular flexibility index (Phi) is 6.36. The molecule has 1 aromatic heterocycles. The largest absolute Gasteiger partial charge is 0.468 e. The molecule has 1 heterocycles. The zero-order valence-electron chi connectivity index (χ0n) is 12.6. The predicted octanol–water partition coefficient (Wildman–Crippen LogP) is 3.44. The maximum absolute atomic E-state index is 12.0. The van der Waals surface area contributed by atoms with Crippen LogP contribution in [0.3, 0.4) is 0 Å². The summed E-state index contributed by atoms with van der Waals surface area (Å²) >= 11 is 7.32. The molecule has 2 aromatic rings. The van der Waals surface area contributed by atoms with Gasteiger partial charge in [-0.1, -0.05) is 11.6 Å². The topological polar surface area (TPSA) is 45.5 Å². The van der Waals surface area contributed by atoms with E-state index < -0.39 is 0 Å². The number of nitrogens with zero attached hydrogens (tertiary/aromatic N) is 1. The number of halogens is 1. The van der Waals surface area contributed by atoms with Gasteiger partial charge in [-0.05, 0) is 50.5 Å². The second-order valence-corrected chi connectivity index (χ2v) is 6.53. The molecule has 0 aliphatic heterocycles. The van der Waals surface area contributed by atoms with E-state index in [1.54, 1.807) is 6.26 Å². The molecule has 4 nitrogen and oxygen atoms in total. The molecule has 1 unspecified atom stereocenters. The minimum atomic E-state index is -0.00152. The van der Waals surface area contributed by atoms with E-state index >= 15 is 0 Å². The van der Waals surface area contributed by atoms with Crippen molar-refractivity contribution in [1.82, 2.24) is 10.2 Å². The molecule has 2 rings (SSSR count). The van der Waals surface area contributed by atoms with Crippen LogP contribution < -0.4 is 5.32 Å². The fourth-order valence-electron chi connectivity index (χ4n) is 1.96. The van der Waals surface area contributed by atoms with Crippen molar-refractivity contribution >= 4 is 29.3 Å². The average Bonchev–Trinajstić information content (AvgIpc) is 3.00. The Morgan fingerprint density at radius 3 is 2.64 bits per heavy atom. The maximum Gasteiger partial charge on any atom is 0.230 e. The first-order valence-electron chi connectivity index (χ1n) is 6.91. The van der Waals surface area contributed by atoms with Crippen LogP contribution in [0, 0.1) is 0 Å². The quantitative estimate of drug-likeness (QED) is 0.785. The van der Waals surface area contributed by atoms with Crippen LogP contribution in [0.25, 0.3) is 0 Å². The minimum Gasteiger partial charge on any atom is -0.468 e. The van der Waals surface area contributed by atoms with Gasteiger partial charge in [0.15, 0.2) is 0 Å². The highest BCUT2D eigenvalue weighted by molar-refractivity contribution is 8.00. The van der Waals surface area contributed by atoms with E-state index in [4.69, 9.17) is 16.0 Å². The number of carbonyl (C=O) groups excluding carboxylic acids is 1. The smallest absolute Gasteiger partial charge is 0.230 e. The summed E-state index contributed by atoms with van der Waals surface area (Å²) in [4.78, 5) is 15.0. The van der Waals surface area contributed by atoms with Gasteiger partial charge >= 0.3 is 0 Å². The number of carbonyl (C=O) groups is 1. The van der Waals surface area contributed by atoms with Crippen molar-refractivity contribution in [2.24, 2.45) is 0 Å². The van der Waals surface area contributed by atoms with Crippen molar-refractivity contribution in [3.8, 4) is 0 Å². The summed E-state index contributed by atoms with van der Waals surface area (Å²) in [5, 5.41) is 3.64. The van der Waals surface area contributed by atoms with Crippen molar-refractivity contribution in [2.45, 2.75) is 10.9 Å². The Hall–Kier alpha value is -1.43. The van der Waals surface area contributed by atoms with Crippen molar-refractivity contribution in [3.63, 3.8) is 0 Å². The average molecular weight is 339 g/mol. The van der Waals surface area contributed by atoms with E-state index in [0.29, 0.717) is 17.3 Å². The lowest BCUT2D eigenvalue weighted by Gasteiger charge is -2.22. The molecule has 0 aliphatic rings. The number of rotatable bonds is 7. The minimum absolute atomic E-state index is 0.00152. The summed E-state index contributed by atoms with van der Waals surface area (Å²) < 4.78 is 5.42. The molecule has 0 fully saturated rings. The van der Waals surface area contributed by atoms with E-state index in [-0.39, 0.29) is 11.9 Å². The van der Waals surface area contributed by atoms with Gasteiger partial charge in [0.05, 0.1) is 18.1 Å². The molecule has 22 heavy (non-hydrogen) atoms. The van der Waals surface area contributed by atoms with E-state index in [0.717, 1.165) is 10.7 Å². The van der Waals surface area contributed by atoms with Crippen molar-refractivity contribution < 1.29 is 9.21 Å². The van der Waals surface area contributed by atoms with Gasteiger partial charge in [-0.15, -0.1) is 11.8 Å². The molecule has 0 bridgehead atoms. The molecule has 6 heteroatoms. The Balaban J connectivity index is 1.80. The van der Waals surface area contributed by atoms with Gasteiger partial charge in [-0.3, -0.25) is 9.69 Å². The fourth-order valence-corrected chi connectivity index (χ4v) is 2.81. The zero-order chi connectivity index (χ0) is 15.9. The third kappa shape index (κ3) is 5.09. The predicted molar refractivity (Wildman–Crippen MR) is 90.3 cm³/mol. The maximum atomic E-state index is 12.0. The van der Waals surface area contributed by atoms with E-state index in [1.807, 2.05) is 55.4 Å². The lowest BCUT2D eigenvalue weighted by molar-refractivity contribution is -0.118. The van der Waals surface area contributed by atoms with E-state index in [1.165, 1.54) is 11.8 Å². The lowest BCUT2D eigenvalue weighted by atomic mass is 10.2. The van der Waals surface area contributed by atoms with Crippen molar-refractivity contribution in [3.05, 3.63) is 53.4 Å². The molecular formula is C16H19ClN2O2S. The lowest BCUT2D eigenvalue weighted by Crippen LogP contribution is -2.35. The fraction of sp³-hybridized carbons (Fsp3) is 0.312. The normalized spacial score (nSPS) is 12.4. The number of benzene rings is 1. The zero-order valence-corrected chi connectivity index (χ0v) is 14.2. The van der Waals surface area contributed by atoms with Gasteiger partial charge in [-0.25, -0.2) is 0 Å². The summed E-state index contributed by atoms with van der Waals surface area (Å²) in [6.45, 7) is 0.514.